The Morgan fingerprint density at radius 1 is 1.20 bits per heavy atom. The number of anilines is 2. The molecule has 8 heteroatoms. The number of nitrogens with zero attached hydrogens (tertiary/aromatic N) is 3. The Balaban J connectivity index is 1.65. The molecule has 3 aromatic rings. The molecule has 3 N–H and O–H groups in total. The van der Waals surface area contributed by atoms with Gasteiger partial charge >= 0.3 is 0 Å². The lowest BCUT2D eigenvalue weighted by Crippen LogP contribution is -2.14. The van der Waals surface area contributed by atoms with Gasteiger partial charge < -0.3 is 15.6 Å². The maximum Gasteiger partial charge on any atom is 0.234 e. The molecule has 0 aliphatic carbocycles. The van der Waals surface area contributed by atoms with Crippen LogP contribution >= 0.6 is 23.4 Å². The van der Waals surface area contributed by atoms with Crippen LogP contribution in [-0.2, 0) is 11.8 Å². The fraction of sp³-hybridized carbons (Fsp3) is 0.118. The molecule has 6 nitrogen and oxygen atoms in total. The van der Waals surface area contributed by atoms with E-state index in [1.54, 1.807) is 12.1 Å². The second kappa shape index (κ2) is 7.58. The minimum absolute atomic E-state index is 0.157. The van der Waals surface area contributed by atoms with E-state index in [4.69, 9.17) is 17.3 Å². The largest absolute Gasteiger partial charge is 0.399 e. The van der Waals surface area contributed by atoms with Crippen molar-refractivity contribution < 1.29 is 4.79 Å². The fourth-order valence-corrected chi connectivity index (χ4v) is 3.10. The van der Waals surface area contributed by atoms with E-state index in [1.165, 1.54) is 11.8 Å². The second-order valence-electron chi connectivity index (χ2n) is 5.30. The quantitative estimate of drug-likeness (QED) is 0.528. The van der Waals surface area contributed by atoms with E-state index in [-0.39, 0.29) is 11.7 Å². The van der Waals surface area contributed by atoms with E-state index in [0.29, 0.717) is 27.4 Å². The van der Waals surface area contributed by atoms with Gasteiger partial charge in [-0.05, 0) is 36.4 Å². The molecule has 0 aliphatic heterocycles. The number of thioether (sulfide) groups is 1. The topological polar surface area (TPSA) is 85.8 Å². The van der Waals surface area contributed by atoms with Crippen LogP contribution in [0.3, 0.4) is 0 Å². The first-order valence-corrected chi connectivity index (χ1v) is 8.83. The first-order chi connectivity index (χ1) is 12.0. The minimum Gasteiger partial charge on any atom is -0.399 e. The van der Waals surface area contributed by atoms with Crippen LogP contribution < -0.4 is 11.1 Å². The zero-order valence-electron chi connectivity index (χ0n) is 13.4. The Bertz CT molecular complexity index is 894. The van der Waals surface area contributed by atoms with E-state index >= 15 is 0 Å². The highest BCUT2D eigenvalue weighted by Crippen LogP contribution is 2.24. The molecule has 0 radical (unpaired) electrons. The molecule has 3 rings (SSSR count). The third-order valence-electron chi connectivity index (χ3n) is 3.48. The molecule has 0 atom stereocenters. The van der Waals surface area contributed by atoms with Crippen LogP contribution in [-0.4, -0.2) is 26.4 Å². The standard InChI is InChI=1S/C17H16ClN5OS/c1-23-16(11-6-8-12(19)9-7-11)21-22-17(23)25-10-15(24)20-14-5-3-2-4-13(14)18/h2-9H,10,19H2,1H3,(H,20,24). The number of amides is 1. The van der Waals surface area contributed by atoms with Crippen molar-refractivity contribution in [3.05, 3.63) is 53.6 Å². The maximum absolute atomic E-state index is 12.1. The lowest BCUT2D eigenvalue weighted by molar-refractivity contribution is -0.113. The van der Waals surface area contributed by atoms with Gasteiger partial charge in [-0.1, -0.05) is 35.5 Å². The molecular weight excluding hydrogens is 358 g/mol. The number of carbonyl (C=O) groups is 1. The lowest BCUT2D eigenvalue weighted by Gasteiger charge is -2.07. The van der Waals surface area contributed by atoms with Gasteiger partial charge in [0.1, 0.15) is 0 Å². The first kappa shape index (κ1) is 17.3. The van der Waals surface area contributed by atoms with Crippen molar-refractivity contribution in [1.29, 1.82) is 0 Å². The van der Waals surface area contributed by atoms with Crippen LogP contribution in [0.15, 0.2) is 53.7 Å². The van der Waals surface area contributed by atoms with Crippen LogP contribution in [0.2, 0.25) is 5.02 Å². The molecule has 128 valence electrons. The molecule has 0 spiro atoms. The summed E-state index contributed by atoms with van der Waals surface area (Å²) in [5.74, 6) is 0.767. The van der Waals surface area contributed by atoms with Crippen molar-refractivity contribution in [3.63, 3.8) is 0 Å². The van der Waals surface area contributed by atoms with Crippen molar-refractivity contribution in [1.82, 2.24) is 14.8 Å². The Hall–Kier alpha value is -2.51. The molecule has 0 aliphatic rings. The van der Waals surface area contributed by atoms with Crippen LogP contribution in [0.1, 0.15) is 0 Å². The molecular formula is C17H16ClN5OS. The van der Waals surface area contributed by atoms with Crippen molar-refractivity contribution in [2.24, 2.45) is 7.05 Å². The highest BCUT2D eigenvalue weighted by atomic mass is 35.5. The number of nitrogens with one attached hydrogen (secondary N) is 1. The summed E-state index contributed by atoms with van der Waals surface area (Å²) >= 11 is 7.34. The summed E-state index contributed by atoms with van der Waals surface area (Å²) in [5, 5.41) is 12.3. The summed E-state index contributed by atoms with van der Waals surface area (Å²) in [6, 6.07) is 14.5. The average molecular weight is 374 g/mol. The summed E-state index contributed by atoms with van der Waals surface area (Å²) in [7, 11) is 1.86. The third kappa shape index (κ3) is 4.12. The van der Waals surface area contributed by atoms with Crippen LogP contribution in [0.4, 0.5) is 11.4 Å². The van der Waals surface area contributed by atoms with Gasteiger partial charge in [0.15, 0.2) is 11.0 Å². The van der Waals surface area contributed by atoms with Crippen molar-refractivity contribution in [3.8, 4) is 11.4 Å². The van der Waals surface area contributed by atoms with E-state index < -0.39 is 0 Å². The predicted molar refractivity (Wildman–Crippen MR) is 102 cm³/mol. The Morgan fingerprint density at radius 2 is 1.92 bits per heavy atom. The van der Waals surface area contributed by atoms with Gasteiger partial charge in [0.25, 0.3) is 0 Å². The third-order valence-corrected chi connectivity index (χ3v) is 4.83. The number of rotatable bonds is 5. The number of para-hydroxylation sites is 1. The Labute approximate surface area is 154 Å². The zero-order chi connectivity index (χ0) is 17.8. The van der Waals surface area contributed by atoms with Gasteiger partial charge in [-0.2, -0.15) is 0 Å². The van der Waals surface area contributed by atoms with E-state index in [9.17, 15) is 4.79 Å². The van der Waals surface area contributed by atoms with E-state index in [2.05, 4.69) is 15.5 Å². The van der Waals surface area contributed by atoms with Crippen LogP contribution in [0.25, 0.3) is 11.4 Å². The lowest BCUT2D eigenvalue weighted by atomic mass is 10.2. The summed E-state index contributed by atoms with van der Waals surface area (Å²) in [5.41, 5.74) is 7.90. The number of nitrogens with two attached hydrogens (primary N) is 1. The predicted octanol–water partition coefficient (Wildman–Crippen LogP) is 3.45. The van der Waals surface area contributed by atoms with E-state index in [0.717, 1.165) is 5.56 Å². The highest BCUT2D eigenvalue weighted by Gasteiger charge is 2.13. The van der Waals surface area contributed by atoms with Gasteiger partial charge in [-0.3, -0.25) is 4.79 Å². The minimum atomic E-state index is -0.157. The molecule has 1 heterocycles. The number of nitrogen functional groups attached to an aromatic ring is 1. The molecule has 0 bridgehead atoms. The molecule has 2 aromatic carbocycles. The Morgan fingerprint density at radius 3 is 2.64 bits per heavy atom. The molecule has 25 heavy (non-hydrogen) atoms. The SMILES string of the molecule is Cn1c(SCC(=O)Nc2ccccc2Cl)nnc1-c1ccc(N)cc1. The molecule has 1 amide bonds. The number of benzene rings is 2. The monoisotopic (exact) mass is 373 g/mol. The van der Waals surface area contributed by atoms with Crippen LogP contribution in [0.5, 0.6) is 0 Å². The number of hydrogen-bond acceptors (Lipinski definition) is 5. The fourth-order valence-electron chi connectivity index (χ4n) is 2.20. The van der Waals surface area contributed by atoms with Crippen molar-refractivity contribution in [2.45, 2.75) is 5.16 Å². The normalized spacial score (nSPS) is 10.6. The molecule has 1 aromatic heterocycles. The average Bonchev–Trinajstić information content (AvgIpc) is 2.97. The Kier molecular flexibility index (Phi) is 5.25. The summed E-state index contributed by atoms with van der Waals surface area (Å²) in [6.45, 7) is 0. The maximum atomic E-state index is 12.1. The summed E-state index contributed by atoms with van der Waals surface area (Å²) in [4.78, 5) is 12.1. The van der Waals surface area contributed by atoms with E-state index in [1.807, 2.05) is 48.0 Å². The second-order valence-corrected chi connectivity index (χ2v) is 6.65. The van der Waals surface area contributed by atoms with Crippen LogP contribution in [0, 0.1) is 0 Å². The first-order valence-electron chi connectivity index (χ1n) is 7.47. The molecule has 0 saturated carbocycles. The summed E-state index contributed by atoms with van der Waals surface area (Å²) in [6.07, 6.45) is 0. The van der Waals surface area contributed by atoms with Gasteiger partial charge in [-0.25, -0.2) is 0 Å². The number of aromatic nitrogens is 3. The number of carbonyl (C=O) groups excluding carboxylic acids is 1. The molecule has 0 fully saturated rings. The van der Waals surface area contributed by atoms with Gasteiger partial charge in [0.2, 0.25) is 5.91 Å². The highest BCUT2D eigenvalue weighted by molar-refractivity contribution is 7.99. The smallest absolute Gasteiger partial charge is 0.234 e. The van der Waals surface area contributed by atoms with Crippen molar-refractivity contribution in [2.75, 3.05) is 16.8 Å². The van der Waals surface area contributed by atoms with Gasteiger partial charge in [0, 0.05) is 18.3 Å². The summed E-state index contributed by atoms with van der Waals surface area (Å²) < 4.78 is 1.85. The number of halogens is 1. The molecule has 0 unspecified atom stereocenters. The van der Waals surface area contributed by atoms with Gasteiger partial charge in [0.05, 0.1) is 16.5 Å². The van der Waals surface area contributed by atoms with Gasteiger partial charge in [-0.15, -0.1) is 10.2 Å². The number of hydrogen-bond donors (Lipinski definition) is 2. The zero-order valence-corrected chi connectivity index (χ0v) is 15.0. The van der Waals surface area contributed by atoms with Crippen molar-refractivity contribution >= 4 is 40.6 Å². The molecule has 0 saturated heterocycles.